The molecule has 34 heavy (non-hydrogen) atoms. The molecule has 0 fully saturated rings. The molecule has 0 atom stereocenters. The predicted octanol–water partition coefficient (Wildman–Crippen LogP) is 5.17. The number of hydrazone groups is 1. The molecule has 0 aliphatic rings. The molecule has 0 saturated carbocycles. The Morgan fingerprint density at radius 1 is 1.00 bits per heavy atom. The molecule has 0 aromatic heterocycles. The number of ether oxygens (including phenoxy) is 1. The van der Waals surface area contributed by atoms with Gasteiger partial charge in [0, 0.05) is 11.3 Å². The van der Waals surface area contributed by atoms with Crippen LogP contribution in [0.15, 0.2) is 71.8 Å². The Labute approximate surface area is 196 Å². The summed E-state index contributed by atoms with van der Waals surface area (Å²) in [5.41, 5.74) is 1.84. The Hall–Kier alpha value is -3.92. The third kappa shape index (κ3) is 6.79. The number of amides is 2. The molecule has 3 rings (SSSR count). The van der Waals surface area contributed by atoms with E-state index in [-0.39, 0.29) is 22.9 Å². The molecule has 0 saturated heterocycles. The fourth-order valence-electron chi connectivity index (χ4n) is 2.66. The van der Waals surface area contributed by atoms with E-state index in [0.29, 0.717) is 11.3 Å². The summed E-state index contributed by atoms with van der Waals surface area (Å²) in [6, 6.07) is 14.4. The van der Waals surface area contributed by atoms with Crippen molar-refractivity contribution in [3.63, 3.8) is 0 Å². The van der Waals surface area contributed by atoms with Gasteiger partial charge in [0.25, 0.3) is 0 Å². The molecule has 3 aromatic rings. The smallest absolute Gasteiger partial charge is 0.416 e. The van der Waals surface area contributed by atoms with E-state index in [9.17, 15) is 27.2 Å². The molecule has 0 aliphatic heterocycles. The summed E-state index contributed by atoms with van der Waals surface area (Å²) < 4.78 is 57.1. The first-order valence-corrected chi connectivity index (χ1v) is 9.98. The quantitative estimate of drug-likeness (QED) is 0.215. The second kappa shape index (κ2) is 10.8. The van der Waals surface area contributed by atoms with Crippen molar-refractivity contribution >= 4 is 35.3 Å². The highest BCUT2D eigenvalue weighted by Gasteiger charge is 2.30. The summed E-state index contributed by atoms with van der Waals surface area (Å²) in [5, 5.41) is 6.06. The van der Waals surface area contributed by atoms with Crippen molar-refractivity contribution in [1.82, 2.24) is 5.43 Å². The second-order valence-electron chi connectivity index (χ2n) is 6.79. The van der Waals surface area contributed by atoms with Gasteiger partial charge in [-0.2, -0.15) is 18.3 Å². The molecule has 3 aromatic carbocycles. The van der Waals surface area contributed by atoms with Gasteiger partial charge < -0.3 is 10.1 Å². The van der Waals surface area contributed by atoms with Gasteiger partial charge in [-0.05, 0) is 54.1 Å². The SMILES string of the molecule is O=C(NN=Cc1cccc(OCc2c(F)cccc2Cl)c1)C(=O)Nc1ccc(C(F)(F)F)cc1. The Morgan fingerprint density at radius 2 is 1.71 bits per heavy atom. The van der Waals surface area contributed by atoms with Crippen molar-refractivity contribution in [2.75, 3.05) is 5.32 Å². The number of rotatable bonds is 6. The molecule has 0 bridgehead atoms. The third-order valence-electron chi connectivity index (χ3n) is 4.36. The van der Waals surface area contributed by atoms with Crippen LogP contribution in [0.4, 0.5) is 23.2 Å². The van der Waals surface area contributed by atoms with Crippen LogP contribution in [0.3, 0.4) is 0 Å². The number of benzene rings is 3. The maximum atomic E-state index is 13.8. The molecule has 0 radical (unpaired) electrons. The van der Waals surface area contributed by atoms with E-state index in [0.717, 1.165) is 24.3 Å². The minimum atomic E-state index is -4.51. The van der Waals surface area contributed by atoms with Gasteiger partial charge in [-0.25, -0.2) is 9.82 Å². The summed E-state index contributed by atoms with van der Waals surface area (Å²) in [6.07, 6.45) is -3.27. The van der Waals surface area contributed by atoms with Gasteiger partial charge in [-0.1, -0.05) is 29.8 Å². The van der Waals surface area contributed by atoms with Crippen LogP contribution in [0.25, 0.3) is 0 Å². The molecule has 11 heteroatoms. The monoisotopic (exact) mass is 493 g/mol. The van der Waals surface area contributed by atoms with Gasteiger partial charge in [-0.15, -0.1) is 0 Å². The van der Waals surface area contributed by atoms with Gasteiger partial charge in [0.1, 0.15) is 18.2 Å². The van der Waals surface area contributed by atoms with Crippen LogP contribution >= 0.6 is 11.6 Å². The number of carbonyl (C=O) groups is 2. The minimum Gasteiger partial charge on any atom is -0.489 e. The average Bonchev–Trinajstić information content (AvgIpc) is 2.79. The second-order valence-corrected chi connectivity index (χ2v) is 7.20. The fraction of sp³-hybridized carbons (Fsp3) is 0.0870. The first-order chi connectivity index (χ1) is 16.1. The molecular weight excluding hydrogens is 478 g/mol. The van der Waals surface area contributed by atoms with Crippen molar-refractivity contribution in [1.29, 1.82) is 0 Å². The largest absolute Gasteiger partial charge is 0.489 e. The lowest BCUT2D eigenvalue weighted by molar-refractivity contribution is -0.137. The third-order valence-corrected chi connectivity index (χ3v) is 4.71. The van der Waals surface area contributed by atoms with Crippen LogP contribution in [0.5, 0.6) is 5.75 Å². The maximum Gasteiger partial charge on any atom is 0.416 e. The van der Waals surface area contributed by atoms with Crippen LogP contribution < -0.4 is 15.5 Å². The normalized spacial score (nSPS) is 11.3. The highest BCUT2D eigenvalue weighted by atomic mass is 35.5. The summed E-state index contributed by atoms with van der Waals surface area (Å²) >= 11 is 5.97. The van der Waals surface area contributed by atoms with Crippen LogP contribution in [-0.4, -0.2) is 18.0 Å². The maximum absolute atomic E-state index is 13.8. The number of nitrogens with zero attached hydrogens (tertiary/aromatic N) is 1. The molecule has 176 valence electrons. The first-order valence-electron chi connectivity index (χ1n) is 9.61. The number of alkyl halides is 3. The van der Waals surface area contributed by atoms with Gasteiger partial charge >= 0.3 is 18.0 Å². The van der Waals surface area contributed by atoms with Crippen molar-refractivity contribution < 1.29 is 31.9 Å². The zero-order chi connectivity index (χ0) is 24.7. The number of anilines is 1. The molecule has 6 nitrogen and oxygen atoms in total. The molecule has 2 amide bonds. The van der Waals surface area contributed by atoms with Crippen molar-refractivity contribution in [3.8, 4) is 5.75 Å². The van der Waals surface area contributed by atoms with Crippen LogP contribution in [0.2, 0.25) is 5.02 Å². The Balaban J connectivity index is 1.53. The topological polar surface area (TPSA) is 79.8 Å². The molecule has 0 spiro atoms. The number of halogens is 5. The van der Waals surface area contributed by atoms with Crippen molar-refractivity contribution in [3.05, 3.63) is 94.3 Å². The van der Waals surface area contributed by atoms with E-state index in [2.05, 4.69) is 10.4 Å². The summed E-state index contributed by atoms with van der Waals surface area (Å²) in [4.78, 5) is 23.7. The number of carbonyl (C=O) groups excluding carboxylic acids is 2. The van der Waals surface area contributed by atoms with Crippen molar-refractivity contribution in [2.45, 2.75) is 12.8 Å². The van der Waals surface area contributed by atoms with E-state index in [1.165, 1.54) is 18.3 Å². The van der Waals surface area contributed by atoms with Crippen LogP contribution in [-0.2, 0) is 22.4 Å². The first kappa shape index (κ1) is 24.7. The summed E-state index contributed by atoms with van der Waals surface area (Å²) in [7, 11) is 0. The number of hydrogen-bond donors (Lipinski definition) is 2. The Morgan fingerprint density at radius 3 is 2.38 bits per heavy atom. The van der Waals surface area contributed by atoms with Crippen LogP contribution in [0.1, 0.15) is 16.7 Å². The van der Waals surface area contributed by atoms with E-state index in [1.54, 1.807) is 30.3 Å². The van der Waals surface area contributed by atoms with E-state index in [1.807, 2.05) is 5.43 Å². The fourth-order valence-corrected chi connectivity index (χ4v) is 2.87. The lowest BCUT2D eigenvalue weighted by Gasteiger charge is -2.09. The van der Waals surface area contributed by atoms with Crippen molar-refractivity contribution in [2.24, 2.45) is 5.10 Å². The minimum absolute atomic E-state index is 0.0111. The number of nitrogens with one attached hydrogen (secondary N) is 2. The standard InChI is InChI=1S/C23H16ClF4N3O3/c24-19-5-2-6-20(25)18(19)13-34-17-4-1-3-14(11-17)12-29-31-22(33)21(32)30-16-9-7-15(8-10-16)23(26,27)28/h1-12H,13H2,(H,30,32)(H,31,33). The zero-order valence-corrected chi connectivity index (χ0v) is 18.0. The Bertz CT molecular complexity index is 1190. The lowest BCUT2D eigenvalue weighted by Crippen LogP contribution is -2.32. The summed E-state index contributed by atoms with van der Waals surface area (Å²) in [5.74, 6) is -2.36. The average molecular weight is 494 g/mol. The predicted molar refractivity (Wildman–Crippen MR) is 118 cm³/mol. The molecule has 0 unspecified atom stereocenters. The molecule has 2 N–H and O–H groups in total. The molecule has 0 heterocycles. The zero-order valence-electron chi connectivity index (χ0n) is 17.2. The highest BCUT2D eigenvalue weighted by molar-refractivity contribution is 6.39. The van der Waals surface area contributed by atoms with Gasteiger partial charge in [0.15, 0.2) is 0 Å². The van der Waals surface area contributed by atoms with E-state index in [4.69, 9.17) is 16.3 Å². The number of hydrogen-bond acceptors (Lipinski definition) is 4. The van der Waals surface area contributed by atoms with E-state index >= 15 is 0 Å². The van der Waals surface area contributed by atoms with Gasteiger partial charge in [0.05, 0.1) is 16.8 Å². The van der Waals surface area contributed by atoms with Crippen LogP contribution in [0, 0.1) is 5.82 Å². The highest BCUT2D eigenvalue weighted by Crippen LogP contribution is 2.29. The molecular formula is C23H16ClF4N3O3. The lowest BCUT2D eigenvalue weighted by atomic mass is 10.2. The van der Waals surface area contributed by atoms with E-state index < -0.39 is 29.4 Å². The molecule has 0 aliphatic carbocycles. The van der Waals surface area contributed by atoms with Gasteiger partial charge in [0.2, 0.25) is 0 Å². The Kier molecular flexibility index (Phi) is 7.85. The van der Waals surface area contributed by atoms with Gasteiger partial charge in [-0.3, -0.25) is 9.59 Å². The summed E-state index contributed by atoms with van der Waals surface area (Å²) in [6.45, 7) is -0.104.